The van der Waals surface area contributed by atoms with Gasteiger partial charge in [-0.2, -0.15) is 11.8 Å². The molecule has 0 spiro atoms. The first kappa shape index (κ1) is 16.2. The monoisotopic (exact) mass is 367 g/mol. The molecule has 1 N–H and O–H groups in total. The summed E-state index contributed by atoms with van der Waals surface area (Å²) in [5.74, 6) is 0.958. The number of fused-ring (bicyclic) bond motifs is 1. The summed E-state index contributed by atoms with van der Waals surface area (Å²) in [6.07, 6.45) is 4.73. The van der Waals surface area contributed by atoms with Crippen LogP contribution in [0.15, 0.2) is 58.8 Å². The molecule has 0 saturated heterocycles. The number of aromatic amines is 1. The molecule has 0 aliphatic heterocycles. The van der Waals surface area contributed by atoms with Gasteiger partial charge in [-0.3, -0.25) is 9.89 Å². The van der Waals surface area contributed by atoms with E-state index >= 15 is 0 Å². The van der Waals surface area contributed by atoms with Crippen LogP contribution in [-0.4, -0.2) is 26.6 Å². The van der Waals surface area contributed by atoms with Crippen LogP contribution < -0.4 is 5.56 Å². The lowest BCUT2D eigenvalue weighted by Crippen LogP contribution is -2.15. The lowest BCUT2D eigenvalue weighted by Gasteiger charge is -2.01. The molecule has 126 valence electrons. The molecule has 0 amide bonds. The van der Waals surface area contributed by atoms with Crippen LogP contribution in [0.25, 0.3) is 27.2 Å². The van der Waals surface area contributed by atoms with Crippen LogP contribution in [0.3, 0.4) is 0 Å². The van der Waals surface area contributed by atoms with Crippen molar-refractivity contribution in [3.8, 4) is 21.6 Å². The van der Waals surface area contributed by atoms with E-state index in [4.69, 9.17) is 4.98 Å². The summed E-state index contributed by atoms with van der Waals surface area (Å²) in [6.45, 7) is 0. The number of hydrogen-bond acceptors (Lipinski definition) is 4. The quantitative estimate of drug-likeness (QED) is 0.571. The van der Waals surface area contributed by atoms with E-state index in [0.717, 1.165) is 28.3 Å². The molecule has 0 saturated carbocycles. The average Bonchev–Trinajstić information content (AvgIpc) is 3.27. The molecule has 3 aromatic heterocycles. The fraction of sp³-hybridized carbons (Fsp3) is 0.158. The molecule has 0 radical (unpaired) electrons. The van der Waals surface area contributed by atoms with Crippen molar-refractivity contribution < 1.29 is 0 Å². The highest BCUT2D eigenvalue weighted by molar-refractivity contribution is 7.98. The van der Waals surface area contributed by atoms with E-state index in [1.165, 1.54) is 15.6 Å². The predicted molar refractivity (Wildman–Crippen MR) is 107 cm³/mol. The topological polar surface area (TPSA) is 50.2 Å². The van der Waals surface area contributed by atoms with Crippen LogP contribution in [0.5, 0.6) is 0 Å². The van der Waals surface area contributed by atoms with Gasteiger partial charge in [-0.1, -0.05) is 30.3 Å². The Kier molecular flexibility index (Phi) is 4.46. The summed E-state index contributed by atoms with van der Waals surface area (Å²) in [4.78, 5) is 18.1. The lowest BCUT2D eigenvalue weighted by molar-refractivity contribution is 0.877. The number of H-pyrrole nitrogens is 1. The molecule has 1 aromatic carbocycles. The maximum Gasteiger partial charge on any atom is 0.272 e. The molecule has 0 aliphatic carbocycles. The molecule has 4 rings (SSSR count). The van der Waals surface area contributed by atoms with Crippen molar-refractivity contribution in [1.82, 2.24) is 14.6 Å². The third-order valence-corrected chi connectivity index (χ3v) is 5.66. The third kappa shape index (κ3) is 3.15. The second kappa shape index (κ2) is 6.90. The average molecular weight is 367 g/mol. The first-order valence-electron chi connectivity index (χ1n) is 7.99. The van der Waals surface area contributed by atoms with Crippen molar-refractivity contribution in [2.24, 2.45) is 0 Å². The lowest BCUT2D eigenvalue weighted by atomic mass is 10.1. The standard InChI is InChI=1S/C19H17N3OS2/c1-24-8-7-15-10-18(23)22-19(21-15)16(11-20-22)17-9-14(12-25-17)13-5-3-2-4-6-13/h2-6,9-12,20H,7-8H2,1H3. The number of benzene rings is 1. The molecule has 0 fully saturated rings. The number of aromatic nitrogens is 3. The second-order valence-corrected chi connectivity index (χ2v) is 7.64. The Labute approximate surface area is 153 Å². The van der Waals surface area contributed by atoms with E-state index in [2.05, 4.69) is 34.9 Å². The molecular weight excluding hydrogens is 350 g/mol. The van der Waals surface area contributed by atoms with Gasteiger partial charge < -0.3 is 0 Å². The highest BCUT2D eigenvalue weighted by Crippen LogP contribution is 2.33. The summed E-state index contributed by atoms with van der Waals surface area (Å²) < 4.78 is 1.51. The van der Waals surface area contributed by atoms with Gasteiger partial charge in [-0.05, 0) is 41.0 Å². The molecule has 6 heteroatoms. The molecule has 0 bridgehead atoms. The zero-order valence-electron chi connectivity index (χ0n) is 13.7. The Morgan fingerprint density at radius 2 is 2.04 bits per heavy atom. The van der Waals surface area contributed by atoms with Crippen LogP contribution in [0.1, 0.15) is 5.69 Å². The highest BCUT2D eigenvalue weighted by Gasteiger charge is 2.13. The maximum absolute atomic E-state index is 12.3. The Bertz CT molecular complexity index is 1060. The van der Waals surface area contributed by atoms with Crippen LogP contribution in [0.4, 0.5) is 0 Å². The number of thioether (sulfide) groups is 1. The molecule has 4 aromatic rings. The maximum atomic E-state index is 12.3. The van der Waals surface area contributed by atoms with E-state index in [1.807, 2.05) is 24.4 Å². The Morgan fingerprint density at radius 3 is 2.84 bits per heavy atom. The Balaban J connectivity index is 1.78. The van der Waals surface area contributed by atoms with E-state index in [-0.39, 0.29) is 5.56 Å². The van der Waals surface area contributed by atoms with Gasteiger partial charge in [0.1, 0.15) is 0 Å². The van der Waals surface area contributed by atoms with Crippen molar-refractivity contribution >= 4 is 28.7 Å². The van der Waals surface area contributed by atoms with Crippen molar-refractivity contribution in [2.45, 2.75) is 6.42 Å². The zero-order valence-corrected chi connectivity index (χ0v) is 15.4. The summed E-state index contributed by atoms with van der Waals surface area (Å²) in [7, 11) is 0. The minimum Gasteiger partial charge on any atom is -0.296 e. The summed E-state index contributed by atoms with van der Waals surface area (Å²) in [5.41, 5.74) is 4.82. The Hall–Kier alpha value is -2.31. The molecular formula is C19H17N3OS2. The number of thiophene rings is 1. The van der Waals surface area contributed by atoms with E-state index < -0.39 is 0 Å². The van der Waals surface area contributed by atoms with E-state index in [9.17, 15) is 4.79 Å². The van der Waals surface area contributed by atoms with Gasteiger partial charge in [0.05, 0.1) is 5.56 Å². The number of hydrogen-bond donors (Lipinski definition) is 1. The van der Waals surface area contributed by atoms with E-state index in [1.54, 1.807) is 29.2 Å². The minimum absolute atomic E-state index is 0.0628. The van der Waals surface area contributed by atoms with Gasteiger partial charge in [0.15, 0.2) is 5.65 Å². The zero-order chi connectivity index (χ0) is 17.2. The van der Waals surface area contributed by atoms with Gasteiger partial charge in [0, 0.05) is 22.8 Å². The second-order valence-electron chi connectivity index (χ2n) is 5.74. The molecule has 4 nitrogen and oxygen atoms in total. The summed E-state index contributed by atoms with van der Waals surface area (Å²) in [6, 6.07) is 14.1. The van der Waals surface area contributed by atoms with Gasteiger partial charge in [-0.15, -0.1) is 11.3 Å². The van der Waals surface area contributed by atoms with Gasteiger partial charge >= 0.3 is 0 Å². The van der Waals surface area contributed by atoms with Crippen molar-refractivity contribution in [1.29, 1.82) is 0 Å². The Morgan fingerprint density at radius 1 is 1.20 bits per heavy atom. The first-order chi connectivity index (χ1) is 12.3. The normalized spacial score (nSPS) is 11.2. The van der Waals surface area contributed by atoms with Gasteiger partial charge in [0.2, 0.25) is 0 Å². The first-order valence-corrected chi connectivity index (χ1v) is 10.3. The third-order valence-electron chi connectivity index (χ3n) is 4.09. The SMILES string of the molecule is CSCCc1cc(=O)n2[nH]cc(-c3cc(-c4ccccc4)cs3)c2n1. The molecule has 3 heterocycles. The van der Waals surface area contributed by atoms with Crippen LogP contribution in [0, 0.1) is 0 Å². The van der Waals surface area contributed by atoms with Crippen LogP contribution >= 0.6 is 23.1 Å². The summed E-state index contributed by atoms with van der Waals surface area (Å²) in [5, 5.41) is 5.17. The number of nitrogens with zero attached hydrogens (tertiary/aromatic N) is 2. The molecule has 0 unspecified atom stereocenters. The molecule has 0 aliphatic rings. The fourth-order valence-electron chi connectivity index (χ4n) is 2.80. The minimum atomic E-state index is -0.0628. The summed E-state index contributed by atoms with van der Waals surface area (Å²) >= 11 is 3.42. The fourth-order valence-corrected chi connectivity index (χ4v) is 4.15. The molecule has 25 heavy (non-hydrogen) atoms. The largest absolute Gasteiger partial charge is 0.296 e. The van der Waals surface area contributed by atoms with Gasteiger partial charge in [-0.25, -0.2) is 9.50 Å². The predicted octanol–water partition coefficient (Wildman–Crippen LogP) is 4.32. The number of rotatable bonds is 5. The number of aryl methyl sites for hydroxylation is 1. The van der Waals surface area contributed by atoms with Crippen LogP contribution in [0.2, 0.25) is 0 Å². The smallest absolute Gasteiger partial charge is 0.272 e. The van der Waals surface area contributed by atoms with Crippen molar-refractivity contribution in [3.05, 3.63) is 70.1 Å². The van der Waals surface area contributed by atoms with Gasteiger partial charge in [0.25, 0.3) is 5.56 Å². The van der Waals surface area contributed by atoms with Crippen molar-refractivity contribution in [3.63, 3.8) is 0 Å². The van der Waals surface area contributed by atoms with Crippen molar-refractivity contribution in [2.75, 3.05) is 12.0 Å². The highest BCUT2D eigenvalue weighted by atomic mass is 32.2. The van der Waals surface area contributed by atoms with Crippen LogP contribution in [-0.2, 0) is 6.42 Å². The number of nitrogens with one attached hydrogen (secondary N) is 1. The molecule has 0 atom stereocenters. The van der Waals surface area contributed by atoms with E-state index in [0.29, 0.717) is 5.65 Å².